The molecule has 0 radical (unpaired) electrons. The molecule has 2 rings (SSSR count). The summed E-state index contributed by atoms with van der Waals surface area (Å²) in [7, 11) is 0. The number of halogens is 3. The molecule has 1 heterocycles. The summed E-state index contributed by atoms with van der Waals surface area (Å²) in [5.41, 5.74) is 0.390. The van der Waals surface area contributed by atoms with Crippen molar-refractivity contribution >= 4 is 0 Å². The van der Waals surface area contributed by atoms with E-state index in [2.05, 4.69) is 12.2 Å². The summed E-state index contributed by atoms with van der Waals surface area (Å²) in [6, 6.07) is 5.68. The van der Waals surface area contributed by atoms with E-state index in [0.717, 1.165) is 37.6 Å². The molecular weight excluding hydrogens is 227 g/mol. The molecule has 1 nitrogen and oxygen atoms in total. The van der Waals surface area contributed by atoms with Crippen LogP contribution in [0, 0.1) is 5.41 Å². The third kappa shape index (κ3) is 2.63. The molecule has 1 aliphatic rings. The normalized spacial score (nSPS) is 18.8. The minimum atomic E-state index is -4.24. The van der Waals surface area contributed by atoms with Crippen LogP contribution in [0.15, 0.2) is 24.3 Å². The molecule has 1 aromatic rings. The molecule has 0 spiro atoms. The average molecular weight is 243 g/mol. The number of alkyl halides is 3. The predicted molar refractivity (Wildman–Crippen MR) is 60.7 cm³/mol. The first-order valence-corrected chi connectivity index (χ1v) is 5.82. The highest BCUT2D eigenvalue weighted by atomic mass is 19.4. The lowest BCUT2D eigenvalue weighted by atomic mass is 9.74. The van der Waals surface area contributed by atoms with E-state index in [9.17, 15) is 13.2 Å². The zero-order chi connectivity index (χ0) is 12.5. The molecule has 0 saturated carbocycles. The van der Waals surface area contributed by atoms with Crippen LogP contribution in [0.1, 0.15) is 24.5 Å². The Bertz CT molecular complexity index is 388. The maximum Gasteiger partial charge on any atom is 0.416 e. The number of rotatable bonds is 3. The Kier molecular flexibility index (Phi) is 3.17. The molecule has 0 unspecified atom stereocenters. The van der Waals surface area contributed by atoms with E-state index in [4.69, 9.17) is 0 Å². The van der Waals surface area contributed by atoms with E-state index in [-0.39, 0.29) is 5.41 Å². The van der Waals surface area contributed by atoms with Crippen LogP contribution < -0.4 is 5.32 Å². The van der Waals surface area contributed by atoms with Gasteiger partial charge in [0.05, 0.1) is 5.56 Å². The summed E-state index contributed by atoms with van der Waals surface area (Å²) in [5.74, 6) is 0. The van der Waals surface area contributed by atoms with Crippen molar-refractivity contribution in [2.75, 3.05) is 13.1 Å². The van der Waals surface area contributed by atoms with Crippen molar-refractivity contribution in [3.8, 4) is 0 Å². The lowest BCUT2D eigenvalue weighted by molar-refractivity contribution is -0.137. The summed E-state index contributed by atoms with van der Waals surface area (Å²) in [5, 5.41) is 3.20. The van der Waals surface area contributed by atoms with Crippen molar-refractivity contribution in [2.45, 2.75) is 25.9 Å². The fraction of sp³-hybridized carbons (Fsp3) is 0.538. The highest BCUT2D eigenvalue weighted by Gasteiger charge is 2.36. The molecule has 0 atom stereocenters. The van der Waals surface area contributed by atoms with Gasteiger partial charge in [0.25, 0.3) is 0 Å². The lowest BCUT2D eigenvalue weighted by Gasteiger charge is -2.42. The average Bonchev–Trinajstić information content (AvgIpc) is 2.23. The Morgan fingerprint density at radius 2 is 2.00 bits per heavy atom. The highest BCUT2D eigenvalue weighted by Crippen LogP contribution is 2.34. The summed E-state index contributed by atoms with van der Waals surface area (Å²) >= 11 is 0. The summed E-state index contributed by atoms with van der Waals surface area (Å²) in [6.07, 6.45) is -2.52. The van der Waals surface area contributed by atoms with Crippen molar-refractivity contribution in [1.29, 1.82) is 0 Å². The second kappa shape index (κ2) is 4.33. The second-order valence-corrected chi connectivity index (χ2v) is 4.83. The molecule has 1 aliphatic heterocycles. The van der Waals surface area contributed by atoms with Crippen LogP contribution >= 0.6 is 0 Å². The molecule has 94 valence electrons. The zero-order valence-electron chi connectivity index (χ0n) is 9.77. The zero-order valence-corrected chi connectivity index (χ0v) is 9.77. The molecule has 1 fully saturated rings. The summed E-state index contributed by atoms with van der Waals surface area (Å²) in [6.45, 7) is 3.90. The molecule has 4 heteroatoms. The van der Waals surface area contributed by atoms with Gasteiger partial charge in [0.15, 0.2) is 0 Å². The van der Waals surface area contributed by atoms with E-state index in [1.54, 1.807) is 6.07 Å². The summed E-state index contributed by atoms with van der Waals surface area (Å²) < 4.78 is 37.7. The van der Waals surface area contributed by atoms with Gasteiger partial charge in [0.1, 0.15) is 0 Å². The van der Waals surface area contributed by atoms with Crippen molar-refractivity contribution in [2.24, 2.45) is 5.41 Å². The van der Waals surface area contributed by atoms with Gasteiger partial charge >= 0.3 is 6.18 Å². The molecule has 17 heavy (non-hydrogen) atoms. The maximum atomic E-state index is 12.6. The van der Waals surface area contributed by atoms with Gasteiger partial charge in [0.2, 0.25) is 0 Å². The van der Waals surface area contributed by atoms with E-state index in [1.165, 1.54) is 12.1 Å². The van der Waals surface area contributed by atoms with Crippen LogP contribution in [0.2, 0.25) is 0 Å². The number of hydrogen-bond acceptors (Lipinski definition) is 1. The van der Waals surface area contributed by atoms with E-state index < -0.39 is 11.7 Å². The number of benzene rings is 1. The SMILES string of the molecule is CCC1(Cc2cccc(C(F)(F)F)c2)CNC1. The number of hydrogen-bond donors (Lipinski definition) is 1. The van der Waals surface area contributed by atoms with E-state index >= 15 is 0 Å². The standard InChI is InChI=1S/C13H16F3N/c1-2-12(8-17-9-12)7-10-4-3-5-11(6-10)13(14,15)16/h3-6,17H,2,7-9H2,1H3. The lowest BCUT2D eigenvalue weighted by Crippen LogP contribution is -2.54. The molecule has 0 amide bonds. The smallest absolute Gasteiger partial charge is 0.316 e. The first-order valence-electron chi connectivity index (χ1n) is 5.82. The van der Waals surface area contributed by atoms with E-state index in [1.807, 2.05) is 0 Å². The van der Waals surface area contributed by atoms with Crippen LogP contribution in [0.4, 0.5) is 13.2 Å². The third-order valence-electron chi connectivity index (χ3n) is 3.58. The van der Waals surface area contributed by atoms with Crippen LogP contribution in [0.5, 0.6) is 0 Å². The van der Waals surface area contributed by atoms with Gasteiger partial charge in [-0.2, -0.15) is 13.2 Å². The maximum absolute atomic E-state index is 12.6. The van der Waals surface area contributed by atoms with E-state index in [0.29, 0.717) is 0 Å². The molecule has 1 aromatic carbocycles. The van der Waals surface area contributed by atoms with Gasteiger partial charge in [-0.3, -0.25) is 0 Å². The first-order chi connectivity index (χ1) is 7.95. The van der Waals surface area contributed by atoms with Crippen LogP contribution in [-0.4, -0.2) is 13.1 Å². The van der Waals surface area contributed by atoms with Gasteiger partial charge in [0, 0.05) is 13.1 Å². The van der Waals surface area contributed by atoms with Crippen molar-refractivity contribution in [3.05, 3.63) is 35.4 Å². The first kappa shape index (κ1) is 12.4. The summed E-state index contributed by atoms with van der Waals surface area (Å²) in [4.78, 5) is 0. The topological polar surface area (TPSA) is 12.0 Å². The van der Waals surface area contributed by atoms with Crippen LogP contribution in [0.3, 0.4) is 0 Å². The Balaban J connectivity index is 2.17. The minimum absolute atomic E-state index is 0.157. The fourth-order valence-electron chi connectivity index (χ4n) is 2.27. The Morgan fingerprint density at radius 1 is 1.29 bits per heavy atom. The second-order valence-electron chi connectivity index (χ2n) is 4.83. The molecule has 1 saturated heterocycles. The Labute approximate surface area is 99.0 Å². The third-order valence-corrected chi connectivity index (χ3v) is 3.58. The van der Waals surface area contributed by atoms with Gasteiger partial charge in [-0.15, -0.1) is 0 Å². The molecular formula is C13H16F3N. The molecule has 0 aromatic heterocycles. The van der Waals surface area contributed by atoms with Crippen LogP contribution in [0.25, 0.3) is 0 Å². The molecule has 0 bridgehead atoms. The largest absolute Gasteiger partial charge is 0.416 e. The fourth-order valence-corrected chi connectivity index (χ4v) is 2.27. The van der Waals surface area contributed by atoms with Crippen molar-refractivity contribution < 1.29 is 13.2 Å². The Hall–Kier alpha value is -1.03. The van der Waals surface area contributed by atoms with Gasteiger partial charge in [-0.1, -0.05) is 25.1 Å². The number of nitrogens with one attached hydrogen (secondary N) is 1. The van der Waals surface area contributed by atoms with Crippen LogP contribution in [-0.2, 0) is 12.6 Å². The monoisotopic (exact) mass is 243 g/mol. The highest BCUT2D eigenvalue weighted by molar-refractivity contribution is 5.27. The van der Waals surface area contributed by atoms with Crippen molar-refractivity contribution in [1.82, 2.24) is 5.32 Å². The molecule has 0 aliphatic carbocycles. The quantitative estimate of drug-likeness (QED) is 0.859. The Morgan fingerprint density at radius 3 is 2.47 bits per heavy atom. The minimum Gasteiger partial charge on any atom is -0.316 e. The predicted octanol–water partition coefficient (Wildman–Crippen LogP) is 3.25. The molecule has 1 N–H and O–H groups in total. The van der Waals surface area contributed by atoms with Crippen molar-refractivity contribution in [3.63, 3.8) is 0 Å². The van der Waals surface area contributed by atoms with Gasteiger partial charge in [-0.25, -0.2) is 0 Å². The van der Waals surface area contributed by atoms with Gasteiger partial charge in [-0.05, 0) is 29.9 Å². The van der Waals surface area contributed by atoms with Gasteiger partial charge < -0.3 is 5.32 Å².